The van der Waals surface area contributed by atoms with Gasteiger partial charge < -0.3 is 15.6 Å². The topological polar surface area (TPSA) is 68.4 Å². The summed E-state index contributed by atoms with van der Waals surface area (Å²) < 4.78 is 29.9. The van der Waals surface area contributed by atoms with Gasteiger partial charge in [-0.05, 0) is 6.07 Å². The molecule has 1 heterocycles. The Morgan fingerprint density at radius 2 is 2.20 bits per heavy atom. The van der Waals surface area contributed by atoms with Gasteiger partial charge in [-0.1, -0.05) is 0 Å². The van der Waals surface area contributed by atoms with Gasteiger partial charge in [0.25, 0.3) is 6.43 Å². The van der Waals surface area contributed by atoms with E-state index in [1.165, 1.54) is 7.11 Å². The number of hydrogen-bond donors (Lipinski definition) is 2. The number of alkyl halides is 2. The van der Waals surface area contributed by atoms with Crippen LogP contribution in [-0.4, -0.2) is 17.2 Å². The molecule has 0 unspecified atom stereocenters. The van der Waals surface area contributed by atoms with Crippen LogP contribution in [0.1, 0.15) is 23.4 Å². The second-order valence-corrected chi connectivity index (χ2v) is 2.84. The number of pyridine rings is 1. The normalized spacial score (nSPS) is 10.8. The summed E-state index contributed by atoms with van der Waals surface area (Å²) >= 11 is 0. The Bertz CT molecular complexity index is 345. The van der Waals surface area contributed by atoms with Crippen LogP contribution in [0.25, 0.3) is 0 Å². The van der Waals surface area contributed by atoms with E-state index in [1.54, 1.807) is 0 Å². The molecule has 3 N–H and O–H groups in total. The van der Waals surface area contributed by atoms with Crippen molar-refractivity contribution in [2.75, 3.05) is 7.11 Å². The lowest BCUT2D eigenvalue weighted by molar-refractivity contribution is 0.149. The SMILES string of the molecule is COc1cc(C(F)F)c(CN)nc1CO. The Balaban J connectivity index is 3.27. The molecule has 0 saturated carbocycles. The molecule has 6 heteroatoms. The predicted molar refractivity (Wildman–Crippen MR) is 49.6 cm³/mol. The fourth-order valence-electron chi connectivity index (χ4n) is 1.23. The molecule has 15 heavy (non-hydrogen) atoms. The molecule has 1 aromatic rings. The minimum absolute atomic E-state index is 0.0786. The molecule has 4 nitrogen and oxygen atoms in total. The highest BCUT2D eigenvalue weighted by atomic mass is 19.3. The third-order valence-corrected chi connectivity index (χ3v) is 1.97. The molecule has 0 atom stereocenters. The van der Waals surface area contributed by atoms with E-state index in [9.17, 15) is 8.78 Å². The third-order valence-electron chi connectivity index (χ3n) is 1.97. The second-order valence-electron chi connectivity index (χ2n) is 2.84. The molecule has 0 aromatic carbocycles. The maximum Gasteiger partial charge on any atom is 0.265 e. The van der Waals surface area contributed by atoms with Crippen molar-refractivity contribution >= 4 is 0 Å². The maximum atomic E-state index is 12.6. The van der Waals surface area contributed by atoms with Gasteiger partial charge in [-0.3, -0.25) is 0 Å². The minimum Gasteiger partial charge on any atom is -0.495 e. The zero-order valence-corrected chi connectivity index (χ0v) is 8.20. The number of hydrogen-bond acceptors (Lipinski definition) is 4. The summed E-state index contributed by atoms with van der Waals surface area (Å²) in [5, 5.41) is 8.93. The second kappa shape index (κ2) is 4.99. The van der Waals surface area contributed by atoms with Gasteiger partial charge in [0.15, 0.2) is 0 Å². The van der Waals surface area contributed by atoms with E-state index < -0.39 is 6.43 Å². The van der Waals surface area contributed by atoms with Crippen LogP contribution < -0.4 is 10.5 Å². The van der Waals surface area contributed by atoms with Crippen molar-refractivity contribution in [3.8, 4) is 5.75 Å². The van der Waals surface area contributed by atoms with Crippen molar-refractivity contribution in [1.29, 1.82) is 0 Å². The van der Waals surface area contributed by atoms with Crippen LogP contribution >= 0.6 is 0 Å². The molecule has 0 spiro atoms. The number of ether oxygens (including phenoxy) is 1. The van der Waals surface area contributed by atoms with Gasteiger partial charge in [0.1, 0.15) is 11.4 Å². The first-order valence-electron chi connectivity index (χ1n) is 4.29. The number of nitrogens with two attached hydrogens (primary N) is 1. The van der Waals surface area contributed by atoms with Gasteiger partial charge in [0.05, 0.1) is 19.4 Å². The highest BCUT2D eigenvalue weighted by Gasteiger charge is 2.17. The van der Waals surface area contributed by atoms with E-state index >= 15 is 0 Å². The minimum atomic E-state index is -2.65. The van der Waals surface area contributed by atoms with Crippen LogP contribution in [0.4, 0.5) is 8.78 Å². The zero-order valence-electron chi connectivity index (χ0n) is 8.20. The summed E-state index contributed by atoms with van der Waals surface area (Å²) in [6.07, 6.45) is -2.65. The molecule has 1 rings (SSSR count). The van der Waals surface area contributed by atoms with Crippen molar-refractivity contribution in [3.05, 3.63) is 23.0 Å². The van der Waals surface area contributed by atoms with Crippen LogP contribution in [-0.2, 0) is 13.2 Å². The number of aliphatic hydroxyl groups is 1. The number of rotatable bonds is 4. The van der Waals surface area contributed by atoms with E-state index in [-0.39, 0.29) is 35.9 Å². The van der Waals surface area contributed by atoms with Crippen molar-refractivity contribution in [1.82, 2.24) is 4.98 Å². The molecule has 0 bridgehead atoms. The van der Waals surface area contributed by atoms with Gasteiger partial charge in [0, 0.05) is 12.1 Å². The molecule has 1 aromatic heterocycles. The molecule has 0 fully saturated rings. The van der Waals surface area contributed by atoms with Crippen LogP contribution in [0.5, 0.6) is 5.75 Å². The number of aliphatic hydroxyl groups excluding tert-OH is 1. The first kappa shape index (κ1) is 11.8. The molecule has 0 amide bonds. The van der Waals surface area contributed by atoms with Crippen molar-refractivity contribution in [3.63, 3.8) is 0 Å². The first-order valence-corrected chi connectivity index (χ1v) is 4.29. The van der Waals surface area contributed by atoms with Gasteiger partial charge in [-0.2, -0.15) is 0 Å². The molecule has 0 saturated heterocycles. The molecule has 0 radical (unpaired) electrons. The van der Waals surface area contributed by atoms with Crippen molar-refractivity contribution < 1.29 is 18.6 Å². The molecule has 0 aliphatic rings. The predicted octanol–water partition coefficient (Wildman–Crippen LogP) is 0.979. The van der Waals surface area contributed by atoms with E-state index in [0.29, 0.717) is 0 Å². The number of methoxy groups -OCH3 is 1. The lowest BCUT2D eigenvalue weighted by Crippen LogP contribution is -2.09. The van der Waals surface area contributed by atoms with Gasteiger partial charge >= 0.3 is 0 Å². The van der Waals surface area contributed by atoms with Crippen molar-refractivity contribution in [2.45, 2.75) is 19.6 Å². The highest BCUT2D eigenvalue weighted by Crippen LogP contribution is 2.27. The molecular formula is C9H12F2N2O2. The maximum absolute atomic E-state index is 12.6. The molecule has 0 aliphatic heterocycles. The molecule has 0 aliphatic carbocycles. The monoisotopic (exact) mass is 218 g/mol. The van der Waals surface area contributed by atoms with E-state index in [1.807, 2.05) is 0 Å². The quantitative estimate of drug-likeness (QED) is 0.790. The number of halogens is 2. The lowest BCUT2D eigenvalue weighted by Gasteiger charge is -2.11. The fraction of sp³-hybridized carbons (Fsp3) is 0.444. The van der Waals surface area contributed by atoms with Crippen LogP contribution in [0, 0.1) is 0 Å². The standard InChI is InChI=1S/C9H12F2N2O2/c1-15-8-2-5(9(10)11)6(3-12)13-7(8)4-14/h2,9,14H,3-4,12H2,1H3. The molecular weight excluding hydrogens is 206 g/mol. The average molecular weight is 218 g/mol. The third kappa shape index (κ3) is 2.40. The Hall–Kier alpha value is -1.27. The Kier molecular flexibility index (Phi) is 3.93. The Labute approximate surface area is 85.7 Å². The summed E-state index contributed by atoms with van der Waals surface area (Å²) in [4.78, 5) is 3.82. The summed E-state index contributed by atoms with van der Waals surface area (Å²) in [5.41, 5.74) is 5.32. The zero-order chi connectivity index (χ0) is 11.4. The summed E-state index contributed by atoms with van der Waals surface area (Å²) in [6, 6.07) is 1.16. The van der Waals surface area contributed by atoms with Crippen LogP contribution in [0.3, 0.4) is 0 Å². The van der Waals surface area contributed by atoms with Gasteiger partial charge in [0.2, 0.25) is 0 Å². The highest BCUT2D eigenvalue weighted by molar-refractivity contribution is 5.36. The fourth-order valence-corrected chi connectivity index (χ4v) is 1.23. The summed E-state index contributed by atoms with van der Waals surface area (Å²) in [7, 11) is 1.33. The van der Waals surface area contributed by atoms with Crippen LogP contribution in [0.2, 0.25) is 0 Å². The Morgan fingerprint density at radius 3 is 2.60 bits per heavy atom. The van der Waals surface area contributed by atoms with Gasteiger partial charge in [-0.15, -0.1) is 0 Å². The Morgan fingerprint density at radius 1 is 1.53 bits per heavy atom. The average Bonchev–Trinajstić information content (AvgIpc) is 2.26. The van der Waals surface area contributed by atoms with E-state index in [4.69, 9.17) is 15.6 Å². The number of aromatic nitrogens is 1. The van der Waals surface area contributed by atoms with E-state index in [0.717, 1.165) is 6.07 Å². The number of nitrogens with zero attached hydrogens (tertiary/aromatic N) is 1. The largest absolute Gasteiger partial charge is 0.495 e. The van der Waals surface area contributed by atoms with E-state index in [2.05, 4.69) is 4.98 Å². The van der Waals surface area contributed by atoms with Gasteiger partial charge in [-0.25, -0.2) is 13.8 Å². The van der Waals surface area contributed by atoms with Crippen LogP contribution in [0.15, 0.2) is 6.07 Å². The summed E-state index contributed by atoms with van der Waals surface area (Å²) in [5.74, 6) is 0.144. The first-order chi connectivity index (χ1) is 7.13. The molecule has 84 valence electrons. The smallest absolute Gasteiger partial charge is 0.265 e. The summed E-state index contributed by atoms with van der Waals surface area (Å²) in [6.45, 7) is -0.476. The lowest BCUT2D eigenvalue weighted by atomic mass is 10.1. The van der Waals surface area contributed by atoms with Crippen molar-refractivity contribution in [2.24, 2.45) is 5.73 Å².